The molecule has 0 fully saturated rings. The molecule has 1 atom stereocenters. The number of benzene rings is 2. The SMILES string of the molecule is COc1cc2c(c(-c3ccc(F)c(Cl)c3)c1)OC(CCN)C2. The Balaban J connectivity index is 2.08. The molecule has 0 spiro atoms. The van der Waals surface area contributed by atoms with E-state index in [2.05, 4.69) is 0 Å². The van der Waals surface area contributed by atoms with Gasteiger partial charge in [0.25, 0.3) is 0 Å². The average Bonchev–Trinajstić information content (AvgIpc) is 2.91. The highest BCUT2D eigenvalue weighted by Crippen LogP contribution is 2.42. The highest BCUT2D eigenvalue weighted by atomic mass is 35.5. The summed E-state index contributed by atoms with van der Waals surface area (Å²) in [4.78, 5) is 0. The highest BCUT2D eigenvalue weighted by Gasteiger charge is 2.26. The lowest BCUT2D eigenvalue weighted by atomic mass is 9.99. The number of methoxy groups -OCH3 is 1. The molecule has 22 heavy (non-hydrogen) atoms. The van der Waals surface area contributed by atoms with Gasteiger partial charge in [-0.05, 0) is 42.8 Å². The Morgan fingerprint density at radius 3 is 2.86 bits per heavy atom. The summed E-state index contributed by atoms with van der Waals surface area (Å²) in [6.07, 6.45) is 1.66. The topological polar surface area (TPSA) is 44.5 Å². The zero-order valence-electron chi connectivity index (χ0n) is 12.2. The van der Waals surface area contributed by atoms with Crippen molar-refractivity contribution < 1.29 is 13.9 Å². The van der Waals surface area contributed by atoms with Crippen molar-refractivity contribution in [3.63, 3.8) is 0 Å². The minimum Gasteiger partial charge on any atom is -0.497 e. The Kier molecular flexibility index (Phi) is 4.23. The maximum absolute atomic E-state index is 13.4. The number of hydrogen-bond donors (Lipinski definition) is 1. The first-order valence-electron chi connectivity index (χ1n) is 7.15. The van der Waals surface area contributed by atoms with E-state index in [-0.39, 0.29) is 11.1 Å². The van der Waals surface area contributed by atoms with Crippen molar-refractivity contribution in [1.29, 1.82) is 0 Å². The molecule has 1 heterocycles. The van der Waals surface area contributed by atoms with Crippen molar-refractivity contribution in [2.75, 3.05) is 13.7 Å². The standard InChI is InChI=1S/C17H17ClFNO2/c1-21-13-7-11-6-12(4-5-20)22-17(11)14(9-13)10-2-3-16(19)15(18)8-10/h2-3,7-9,12H,4-6,20H2,1H3. The van der Waals surface area contributed by atoms with Crippen molar-refractivity contribution in [2.24, 2.45) is 5.73 Å². The van der Waals surface area contributed by atoms with Crippen LogP contribution in [0.25, 0.3) is 11.1 Å². The third-order valence-electron chi connectivity index (χ3n) is 3.83. The molecule has 2 aromatic rings. The van der Waals surface area contributed by atoms with Gasteiger partial charge in [0.1, 0.15) is 23.4 Å². The Morgan fingerprint density at radius 2 is 2.18 bits per heavy atom. The van der Waals surface area contributed by atoms with Gasteiger partial charge in [-0.2, -0.15) is 0 Å². The Labute approximate surface area is 133 Å². The minimum absolute atomic E-state index is 0.0711. The first-order valence-corrected chi connectivity index (χ1v) is 7.53. The lowest BCUT2D eigenvalue weighted by Crippen LogP contribution is -2.17. The predicted molar refractivity (Wildman–Crippen MR) is 85.2 cm³/mol. The summed E-state index contributed by atoms with van der Waals surface area (Å²) < 4.78 is 24.8. The maximum Gasteiger partial charge on any atom is 0.141 e. The lowest BCUT2D eigenvalue weighted by Gasteiger charge is -2.13. The fraction of sp³-hybridized carbons (Fsp3) is 0.294. The third-order valence-corrected chi connectivity index (χ3v) is 4.12. The van der Waals surface area contributed by atoms with E-state index in [0.717, 1.165) is 41.0 Å². The number of ether oxygens (including phenoxy) is 2. The van der Waals surface area contributed by atoms with Crippen LogP contribution < -0.4 is 15.2 Å². The van der Waals surface area contributed by atoms with E-state index in [1.807, 2.05) is 12.1 Å². The van der Waals surface area contributed by atoms with E-state index in [4.69, 9.17) is 26.8 Å². The maximum atomic E-state index is 13.4. The number of nitrogens with two attached hydrogens (primary N) is 1. The molecule has 1 unspecified atom stereocenters. The Morgan fingerprint density at radius 1 is 1.36 bits per heavy atom. The number of halogens is 2. The number of rotatable bonds is 4. The summed E-state index contributed by atoms with van der Waals surface area (Å²) in [6, 6.07) is 8.50. The second-order valence-corrected chi connectivity index (χ2v) is 5.72. The summed E-state index contributed by atoms with van der Waals surface area (Å²) in [6.45, 7) is 0.577. The van der Waals surface area contributed by atoms with Crippen LogP contribution in [0.1, 0.15) is 12.0 Å². The molecule has 5 heteroatoms. The van der Waals surface area contributed by atoms with Crippen LogP contribution >= 0.6 is 11.6 Å². The van der Waals surface area contributed by atoms with E-state index < -0.39 is 5.82 Å². The van der Waals surface area contributed by atoms with Crippen LogP contribution in [0.4, 0.5) is 4.39 Å². The van der Waals surface area contributed by atoms with Crippen LogP contribution in [0.3, 0.4) is 0 Å². The van der Waals surface area contributed by atoms with Crippen LogP contribution in [-0.2, 0) is 6.42 Å². The van der Waals surface area contributed by atoms with E-state index in [1.165, 1.54) is 6.07 Å². The minimum atomic E-state index is -0.438. The monoisotopic (exact) mass is 321 g/mol. The molecule has 0 saturated heterocycles. The first kappa shape index (κ1) is 15.1. The van der Waals surface area contributed by atoms with E-state index >= 15 is 0 Å². The summed E-state index contributed by atoms with van der Waals surface area (Å²) in [5, 5.41) is 0.0885. The van der Waals surface area contributed by atoms with Crippen LogP contribution in [-0.4, -0.2) is 19.8 Å². The highest BCUT2D eigenvalue weighted by molar-refractivity contribution is 6.31. The quantitative estimate of drug-likeness (QED) is 0.931. The van der Waals surface area contributed by atoms with E-state index in [1.54, 1.807) is 19.2 Å². The summed E-state index contributed by atoms with van der Waals surface area (Å²) in [5.74, 6) is 1.11. The molecule has 0 aromatic heterocycles. The summed E-state index contributed by atoms with van der Waals surface area (Å²) >= 11 is 5.90. The Hall–Kier alpha value is -1.78. The molecule has 1 aliphatic rings. The molecule has 2 N–H and O–H groups in total. The molecule has 3 nitrogen and oxygen atoms in total. The van der Waals surface area contributed by atoms with Crippen LogP contribution in [0.5, 0.6) is 11.5 Å². The smallest absolute Gasteiger partial charge is 0.141 e. The molecule has 116 valence electrons. The van der Waals surface area contributed by atoms with Gasteiger partial charge in [-0.3, -0.25) is 0 Å². The molecule has 0 radical (unpaired) electrons. The lowest BCUT2D eigenvalue weighted by molar-refractivity contribution is 0.225. The normalized spacial score (nSPS) is 16.3. The predicted octanol–water partition coefficient (Wildman–Crippen LogP) is 3.81. The van der Waals surface area contributed by atoms with Gasteiger partial charge in [0.2, 0.25) is 0 Å². The summed E-state index contributed by atoms with van der Waals surface area (Å²) in [7, 11) is 1.62. The number of hydrogen-bond acceptors (Lipinski definition) is 3. The average molecular weight is 322 g/mol. The van der Waals surface area contributed by atoms with Crippen molar-refractivity contribution in [3.8, 4) is 22.6 Å². The van der Waals surface area contributed by atoms with E-state index in [0.29, 0.717) is 6.54 Å². The fourth-order valence-electron chi connectivity index (χ4n) is 2.75. The molecule has 0 amide bonds. The van der Waals surface area contributed by atoms with Gasteiger partial charge in [0.05, 0.1) is 12.1 Å². The van der Waals surface area contributed by atoms with Crippen molar-refractivity contribution in [2.45, 2.75) is 18.9 Å². The van der Waals surface area contributed by atoms with Gasteiger partial charge < -0.3 is 15.2 Å². The summed E-state index contributed by atoms with van der Waals surface area (Å²) in [5.41, 5.74) is 8.36. The van der Waals surface area contributed by atoms with Crippen LogP contribution in [0, 0.1) is 5.82 Å². The van der Waals surface area contributed by atoms with Gasteiger partial charge in [-0.15, -0.1) is 0 Å². The third kappa shape index (κ3) is 2.76. The molecule has 3 rings (SSSR count). The molecule has 0 bridgehead atoms. The molecule has 1 aliphatic heterocycles. The Bertz CT molecular complexity index is 705. The van der Waals surface area contributed by atoms with Crippen molar-refractivity contribution >= 4 is 11.6 Å². The molecular formula is C17H17ClFNO2. The van der Waals surface area contributed by atoms with Crippen molar-refractivity contribution in [3.05, 3.63) is 46.7 Å². The first-order chi connectivity index (χ1) is 10.6. The van der Waals surface area contributed by atoms with Crippen LogP contribution in [0.2, 0.25) is 5.02 Å². The second-order valence-electron chi connectivity index (χ2n) is 5.31. The molecular weight excluding hydrogens is 305 g/mol. The molecule has 0 saturated carbocycles. The van der Waals surface area contributed by atoms with Crippen molar-refractivity contribution in [1.82, 2.24) is 0 Å². The fourth-order valence-corrected chi connectivity index (χ4v) is 2.93. The van der Waals surface area contributed by atoms with Gasteiger partial charge >= 0.3 is 0 Å². The molecule has 2 aromatic carbocycles. The van der Waals surface area contributed by atoms with Gasteiger partial charge in [0.15, 0.2) is 0 Å². The van der Waals surface area contributed by atoms with Gasteiger partial charge in [0, 0.05) is 17.5 Å². The zero-order valence-corrected chi connectivity index (χ0v) is 13.0. The second kappa shape index (κ2) is 6.15. The van der Waals surface area contributed by atoms with Gasteiger partial charge in [-0.25, -0.2) is 4.39 Å². The van der Waals surface area contributed by atoms with Crippen LogP contribution in [0.15, 0.2) is 30.3 Å². The molecule has 0 aliphatic carbocycles. The number of fused-ring (bicyclic) bond motifs is 1. The largest absolute Gasteiger partial charge is 0.497 e. The van der Waals surface area contributed by atoms with Gasteiger partial charge in [-0.1, -0.05) is 17.7 Å². The zero-order chi connectivity index (χ0) is 15.7. The van der Waals surface area contributed by atoms with E-state index in [9.17, 15) is 4.39 Å².